The normalized spacial score (nSPS) is 24.6. The molecule has 1 saturated heterocycles. The molecule has 2 amide bonds. The Morgan fingerprint density at radius 3 is 2.75 bits per heavy atom. The first-order valence-electron chi connectivity index (χ1n) is 8.61. The molecule has 1 fully saturated rings. The van der Waals surface area contributed by atoms with Crippen molar-refractivity contribution in [1.82, 2.24) is 15.8 Å². The first-order chi connectivity index (χ1) is 11.3. The van der Waals surface area contributed by atoms with Gasteiger partial charge in [0.2, 0.25) is 0 Å². The van der Waals surface area contributed by atoms with Crippen LogP contribution in [0, 0.1) is 0 Å². The quantitative estimate of drug-likeness (QED) is 0.759. The molecule has 1 aromatic rings. The zero-order valence-corrected chi connectivity index (χ0v) is 15.0. The smallest absolute Gasteiger partial charge is 0.314 e. The maximum Gasteiger partial charge on any atom is 0.314 e. The van der Waals surface area contributed by atoms with Crippen molar-refractivity contribution in [2.24, 2.45) is 0 Å². The predicted octanol–water partition coefficient (Wildman–Crippen LogP) is 1.74. The van der Waals surface area contributed by atoms with Crippen LogP contribution >= 0.6 is 0 Å². The van der Waals surface area contributed by atoms with E-state index >= 15 is 0 Å². The highest BCUT2D eigenvalue weighted by molar-refractivity contribution is 5.73. The molecule has 7 nitrogen and oxygen atoms in total. The maximum absolute atomic E-state index is 11.5. The highest BCUT2D eigenvalue weighted by Crippen LogP contribution is 2.26. The van der Waals surface area contributed by atoms with E-state index in [0.717, 1.165) is 17.9 Å². The van der Waals surface area contributed by atoms with Crippen LogP contribution in [0.1, 0.15) is 52.0 Å². The number of aliphatic hydroxyl groups excluding tert-OH is 1. The summed E-state index contributed by atoms with van der Waals surface area (Å²) in [6, 6.07) is 1.72. The number of carbonyl (C=O) groups is 1. The number of hydrogen-bond donors (Lipinski definition) is 3. The molecule has 1 aliphatic rings. The third-order valence-corrected chi connectivity index (χ3v) is 4.12. The lowest BCUT2D eigenvalue weighted by Gasteiger charge is -2.33. The van der Waals surface area contributed by atoms with Gasteiger partial charge < -0.3 is 25.0 Å². The molecule has 2 rings (SSSR count). The number of urea groups is 1. The molecule has 7 heteroatoms. The molecule has 136 valence electrons. The van der Waals surface area contributed by atoms with Gasteiger partial charge in [-0.2, -0.15) is 0 Å². The molecule has 3 atom stereocenters. The molecule has 0 saturated carbocycles. The van der Waals surface area contributed by atoms with Crippen molar-refractivity contribution in [3.63, 3.8) is 0 Å². The average molecular weight is 339 g/mol. The van der Waals surface area contributed by atoms with Gasteiger partial charge in [-0.1, -0.05) is 25.9 Å². The van der Waals surface area contributed by atoms with Gasteiger partial charge in [0, 0.05) is 31.0 Å². The molecule has 0 spiro atoms. The fourth-order valence-corrected chi connectivity index (χ4v) is 2.69. The number of hydrogen-bond acceptors (Lipinski definition) is 5. The molecule has 3 N–H and O–H groups in total. The van der Waals surface area contributed by atoms with Crippen molar-refractivity contribution in [2.45, 2.75) is 70.7 Å². The van der Waals surface area contributed by atoms with Gasteiger partial charge in [-0.15, -0.1) is 0 Å². The lowest BCUT2D eigenvalue weighted by atomic mass is 9.92. The second-order valence-electron chi connectivity index (χ2n) is 7.32. The fourth-order valence-electron chi connectivity index (χ4n) is 2.69. The van der Waals surface area contributed by atoms with E-state index < -0.39 is 12.2 Å². The first-order valence-corrected chi connectivity index (χ1v) is 8.61. The van der Waals surface area contributed by atoms with Crippen LogP contribution in [-0.2, 0) is 16.6 Å². The van der Waals surface area contributed by atoms with Gasteiger partial charge in [0.1, 0.15) is 11.9 Å². The Hall–Kier alpha value is -1.60. The monoisotopic (exact) mass is 339 g/mol. The van der Waals surface area contributed by atoms with Crippen molar-refractivity contribution in [1.29, 1.82) is 0 Å². The Morgan fingerprint density at radius 2 is 2.12 bits per heavy atom. The number of ether oxygens (including phenoxy) is 1. The third kappa shape index (κ3) is 5.21. The van der Waals surface area contributed by atoms with E-state index in [2.05, 4.69) is 36.6 Å². The van der Waals surface area contributed by atoms with E-state index in [1.807, 2.05) is 13.0 Å². The van der Waals surface area contributed by atoms with Crippen LogP contribution in [0.25, 0.3) is 0 Å². The molecule has 24 heavy (non-hydrogen) atoms. The largest absolute Gasteiger partial charge is 0.390 e. The average Bonchev–Trinajstić information content (AvgIpc) is 2.97. The SMILES string of the molecule is CCNC(=O)NC[C@H]1O[C@H](Cc2cc(C(C)(C)C)on2)CC[C@@H]1O. The highest BCUT2D eigenvalue weighted by atomic mass is 16.5. The second-order valence-corrected chi connectivity index (χ2v) is 7.32. The summed E-state index contributed by atoms with van der Waals surface area (Å²) in [6.07, 6.45) is 1.05. The van der Waals surface area contributed by atoms with Gasteiger partial charge in [-0.25, -0.2) is 4.79 Å². The number of amides is 2. The lowest BCUT2D eigenvalue weighted by Crippen LogP contribution is -2.48. The van der Waals surface area contributed by atoms with Crippen LogP contribution in [0.3, 0.4) is 0 Å². The molecule has 0 unspecified atom stereocenters. The zero-order valence-electron chi connectivity index (χ0n) is 15.0. The summed E-state index contributed by atoms with van der Waals surface area (Å²) in [7, 11) is 0. The topological polar surface area (TPSA) is 96.6 Å². The summed E-state index contributed by atoms with van der Waals surface area (Å²) >= 11 is 0. The zero-order chi connectivity index (χ0) is 17.7. The van der Waals surface area contributed by atoms with Crippen LogP contribution in [-0.4, -0.2) is 47.7 Å². The van der Waals surface area contributed by atoms with Crippen molar-refractivity contribution < 1.29 is 19.2 Å². The van der Waals surface area contributed by atoms with Gasteiger partial charge >= 0.3 is 6.03 Å². The van der Waals surface area contributed by atoms with Crippen LogP contribution in [0.2, 0.25) is 0 Å². The molecule has 0 aliphatic carbocycles. The number of rotatable bonds is 5. The number of aliphatic hydroxyl groups is 1. The third-order valence-electron chi connectivity index (χ3n) is 4.12. The van der Waals surface area contributed by atoms with Gasteiger partial charge in [0.25, 0.3) is 0 Å². The minimum atomic E-state index is -0.564. The summed E-state index contributed by atoms with van der Waals surface area (Å²) < 4.78 is 11.4. The summed E-state index contributed by atoms with van der Waals surface area (Å²) in [5.41, 5.74) is 0.783. The Bertz CT molecular complexity index is 538. The Morgan fingerprint density at radius 1 is 1.38 bits per heavy atom. The van der Waals surface area contributed by atoms with Gasteiger partial charge in [0.05, 0.1) is 17.9 Å². The summed E-state index contributed by atoms with van der Waals surface area (Å²) in [5, 5.41) is 19.6. The van der Waals surface area contributed by atoms with Crippen molar-refractivity contribution >= 4 is 6.03 Å². The summed E-state index contributed by atoms with van der Waals surface area (Å²) in [5.74, 6) is 0.850. The fraction of sp³-hybridized carbons (Fsp3) is 0.765. The van der Waals surface area contributed by atoms with Crippen molar-refractivity contribution in [3.8, 4) is 0 Å². The predicted molar refractivity (Wildman–Crippen MR) is 89.9 cm³/mol. The van der Waals surface area contributed by atoms with E-state index in [-0.39, 0.29) is 24.1 Å². The minimum Gasteiger partial charge on any atom is -0.390 e. The molecule has 0 bridgehead atoms. The van der Waals surface area contributed by atoms with E-state index in [1.165, 1.54) is 0 Å². The second kappa shape index (κ2) is 7.98. The van der Waals surface area contributed by atoms with Gasteiger partial charge in [-0.05, 0) is 19.8 Å². The maximum atomic E-state index is 11.5. The van der Waals surface area contributed by atoms with E-state index in [1.54, 1.807) is 0 Å². The molecular formula is C17H29N3O4. The lowest BCUT2D eigenvalue weighted by molar-refractivity contribution is -0.113. The standard InChI is InChI=1S/C17H29N3O4/c1-5-18-16(22)19-10-14-13(21)7-6-12(23-14)8-11-9-15(24-20-11)17(2,3)4/h9,12-14,21H,5-8,10H2,1-4H3,(H2,18,19,22)/t12-,13-,14+/m0/s1. The van der Waals surface area contributed by atoms with Gasteiger partial charge in [0.15, 0.2) is 0 Å². The van der Waals surface area contributed by atoms with E-state index in [9.17, 15) is 9.90 Å². The first kappa shape index (κ1) is 18.7. The van der Waals surface area contributed by atoms with Crippen LogP contribution < -0.4 is 10.6 Å². The Labute approximate surface area is 143 Å². The molecule has 0 aromatic carbocycles. The Balaban J connectivity index is 1.88. The number of nitrogens with one attached hydrogen (secondary N) is 2. The molecule has 1 aliphatic heterocycles. The van der Waals surface area contributed by atoms with Crippen molar-refractivity contribution in [2.75, 3.05) is 13.1 Å². The van der Waals surface area contributed by atoms with Crippen molar-refractivity contribution in [3.05, 3.63) is 17.5 Å². The van der Waals surface area contributed by atoms with Crippen LogP contribution in [0.15, 0.2) is 10.6 Å². The number of aromatic nitrogens is 1. The molecule has 1 aromatic heterocycles. The van der Waals surface area contributed by atoms with E-state index in [4.69, 9.17) is 9.26 Å². The summed E-state index contributed by atoms with van der Waals surface area (Å²) in [4.78, 5) is 11.5. The van der Waals surface area contributed by atoms with E-state index in [0.29, 0.717) is 19.4 Å². The van der Waals surface area contributed by atoms with Gasteiger partial charge in [-0.3, -0.25) is 0 Å². The number of carbonyl (C=O) groups excluding carboxylic acids is 1. The Kier molecular flexibility index (Phi) is 6.23. The molecule has 2 heterocycles. The number of nitrogens with zero attached hydrogens (tertiary/aromatic N) is 1. The molecule has 0 radical (unpaired) electrons. The summed E-state index contributed by atoms with van der Waals surface area (Å²) in [6.45, 7) is 8.93. The molecular weight excluding hydrogens is 310 g/mol. The van der Waals surface area contributed by atoms with Crippen LogP contribution in [0.5, 0.6) is 0 Å². The van der Waals surface area contributed by atoms with Crippen LogP contribution in [0.4, 0.5) is 4.79 Å². The highest BCUT2D eigenvalue weighted by Gasteiger charge is 2.31. The minimum absolute atomic E-state index is 0.0349.